The second-order valence-electron chi connectivity index (χ2n) is 8.77. The van der Waals surface area contributed by atoms with Gasteiger partial charge in [-0.2, -0.15) is 0 Å². The molecule has 0 aliphatic rings. The normalized spacial score (nSPS) is 12.3. The summed E-state index contributed by atoms with van der Waals surface area (Å²) in [6.07, 6.45) is 1.43. The van der Waals surface area contributed by atoms with Crippen LogP contribution in [0.3, 0.4) is 0 Å². The maximum atomic E-state index is 13.3. The van der Waals surface area contributed by atoms with E-state index in [0.717, 1.165) is 11.8 Å². The maximum Gasteiger partial charge on any atom is 0.242 e. The number of carbonyl (C=O) groups excluding carboxylic acids is 2. The number of benzene rings is 2. The zero-order valence-corrected chi connectivity index (χ0v) is 23.0. The lowest BCUT2D eigenvalue weighted by Crippen LogP contribution is -2.49. The van der Waals surface area contributed by atoms with Crippen LogP contribution in [0.2, 0.25) is 10.0 Å². The molecule has 2 rings (SSSR count). The number of nitrogens with zero attached hydrogens (tertiary/aromatic N) is 2. The molecule has 2 aromatic rings. The summed E-state index contributed by atoms with van der Waals surface area (Å²) in [6.45, 7) is 7.38. The smallest absolute Gasteiger partial charge is 0.242 e. The number of carbonyl (C=O) groups is 2. The fraction of sp³-hybridized carbons (Fsp3) is 0.440. The zero-order valence-electron chi connectivity index (χ0n) is 20.7. The molecule has 7 nitrogen and oxygen atoms in total. The van der Waals surface area contributed by atoms with Crippen LogP contribution in [0.4, 0.5) is 5.69 Å². The number of anilines is 1. The van der Waals surface area contributed by atoms with Crippen LogP contribution >= 0.6 is 23.2 Å². The van der Waals surface area contributed by atoms with Crippen LogP contribution < -0.4 is 9.62 Å². The summed E-state index contributed by atoms with van der Waals surface area (Å²) in [7, 11) is -3.60. The quantitative estimate of drug-likeness (QED) is 0.443. The third-order valence-electron chi connectivity index (χ3n) is 5.56. The van der Waals surface area contributed by atoms with Crippen LogP contribution in [0.15, 0.2) is 42.5 Å². The monoisotopic (exact) mass is 541 g/mol. The number of hydrogen-bond donors (Lipinski definition) is 1. The van der Waals surface area contributed by atoms with Crippen LogP contribution in [0.5, 0.6) is 0 Å². The summed E-state index contributed by atoms with van der Waals surface area (Å²) in [5.41, 5.74) is 1.84. The molecule has 0 radical (unpaired) electrons. The fourth-order valence-corrected chi connectivity index (χ4v) is 5.03. The fourth-order valence-electron chi connectivity index (χ4n) is 3.65. The first-order chi connectivity index (χ1) is 16.3. The van der Waals surface area contributed by atoms with Gasteiger partial charge in [0.15, 0.2) is 0 Å². The highest BCUT2D eigenvalue weighted by atomic mass is 35.5. The lowest BCUT2D eigenvalue weighted by atomic mass is 10.1. The predicted molar refractivity (Wildman–Crippen MR) is 142 cm³/mol. The van der Waals surface area contributed by atoms with Gasteiger partial charge < -0.3 is 10.2 Å². The molecule has 1 atom stereocenters. The number of amides is 2. The van der Waals surface area contributed by atoms with Crippen molar-refractivity contribution in [2.45, 2.75) is 59.2 Å². The highest BCUT2D eigenvalue weighted by molar-refractivity contribution is 7.92. The van der Waals surface area contributed by atoms with Crippen molar-refractivity contribution in [3.63, 3.8) is 0 Å². The van der Waals surface area contributed by atoms with Gasteiger partial charge in [-0.1, -0.05) is 47.5 Å². The van der Waals surface area contributed by atoms with Crippen molar-refractivity contribution in [1.29, 1.82) is 0 Å². The SMILES string of the molecule is Cc1c(Cl)cccc1N(CCCC(=O)N(Cc1ccccc1Cl)C(C)C(=O)NC(C)C)S(C)(=O)=O. The van der Waals surface area contributed by atoms with Gasteiger partial charge in [0.05, 0.1) is 11.9 Å². The molecular formula is C25H33Cl2N3O4S. The van der Waals surface area contributed by atoms with E-state index in [2.05, 4.69) is 5.32 Å². The van der Waals surface area contributed by atoms with Crippen molar-refractivity contribution in [2.75, 3.05) is 17.1 Å². The van der Waals surface area contributed by atoms with Crippen LogP contribution in [-0.2, 0) is 26.2 Å². The van der Waals surface area contributed by atoms with Gasteiger partial charge in [-0.3, -0.25) is 13.9 Å². The molecule has 0 saturated carbocycles. The molecule has 0 aromatic heterocycles. The van der Waals surface area contributed by atoms with E-state index >= 15 is 0 Å². The Kier molecular flexibility index (Phi) is 10.4. The Labute approximate surface area is 218 Å². The highest BCUT2D eigenvalue weighted by Gasteiger charge is 2.27. The van der Waals surface area contributed by atoms with Crippen molar-refractivity contribution in [3.05, 3.63) is 63.6 Å². The average molecular weight is 543 g/mol. The topological polar surface area (TPSA) is 86.8 Å². The maximum absolute atomic E-state index is 13.3. The van der Waals surface area contributed by atoms with Gasteiger partial charge in [-0.05, 0) is 63.4 Å². The lowest BCUT2D eigenvalue weighted by molar-refractivity contribution is -0.140. The lowest BCUT2D eigenvalue weighted by Gasteiger charge is -2.30. The first-order valence-electron chi connectivity index (χ1n) is 11.4. The summed E-state index contributed by atoms with van der Waals surface area (Å²) < 4.78 is 26.3. The van der Waals surface area contributed by atoms with Crippen molar-refractivity contribution >= 4 is 50.7 Å². The Balaban J connectivity index is 2.22. The summed E-state index contributed by atoms with van der Waals surface area (Å²) >= 11 is 12.5. The minimum atomic E-state index is -3.60. The molecule has 0 saturated heterocycles. The molecule has 0 bridgehead atoms. The number of hydrogen-bond acceptors (Lipinski definition) is 4. The van der Waals surface area contributed by atoms with Crippen LogP contribution in [-0.4, -0.2) is 50.0 Å². The Morgan fingerprint density at radius 1 is 1.00 bits per heavy atom. The minimum Gasteiger partial charge on any atom is -0.352 e. The van der Waals surface area contributed by atoms with Gasteiger partial charge in [0, 0.05) is 35.6 Å². The van der Waals surface area contributed by atoms with E-state index < -0.39 is 16.1 Å². The third kappa shape index (κ3) is 8.12. The number of nitrogens with one attached hydrogen (secondary N) is 1. The second-order valence-corrected chi connectivity index (χ2v) is 11.5. The molecule has 2 aromatic carbocycles. The minimum absolute atomic E-state index is 0.0510. The molecule has 0 fully saturated rings. The number of rotatable bonds is 11. The van der Waals surface area contributed by atoms with Crippen LogP contribution in [0.25, 0.3) is 0 Å². The van der Waals surface area contributed by atoms with Crippen molar-refractivity contribution < 1.29 is 18.0 Å². The molecule has 192 valence electrons. The van der Waals surface area contributed by atoms with Crippen molar-refractivity contribution in [3.8, 4) is 0 Å². The standard InChI is InChI=1S/C25H33Cl2N3O4S/c1-17(2)28-25(32)19(4)29(16-20-10-6-7-11-22(20)27)24(31)14-9-15-30(35(5,33)34)23-13-8-12-21(26)18(23)3/h6-8,10-13,17,19H,9,14-16H2,1-5H3,(H,28,32). The van der Waals surface area contributed by atoms with E-state index in [-0.39, 0.29) is 43.8 Å². The molecular weight excluding hydrogens is 509 g/mol. The summed E-state index contributed by atoms with van der Waals surface area (Å²) in [4.78, 5) is 27.5. The summed E-state index contributed by atoms with van der Waals surface area (Å²) in [5.74, 6) is -0.541. The van der Waals surface area contributed by atoms with E-state index in [9.17, 15) is 18.0 Å². The molecule has 1 N–H and O–H groups in total. The second kappa shape index (κ2) is 12.6. The first-order valence-corrected chi connectivity index (χ1v) is 14.0. The molecule has 1 unspecified atom stereocenters. The summed E-state index contributed by atoms with van der Waals surface area (Å²) in [6, 6.07) is 11.4. The van der Waals surface area contributed by atoms with E-state index in [0.29, 0.717) is 21.3 Å². The van der Waals surface area contributed by atoms with Gasteiger partial charge >= 0.3 is 0 Å². The Bertz CT molecular complexity index is 1160. The molecule has 0 aliphatic heterocycles. The van der Waals surface area contributed by atoms with E-state index in [1.807, 2.05) is 26.0 Å². The number of halogens is 2. The molecule has 10 heteroatoms. The van der Waals surface area contributed by atoms with E-state index in [1.165, 1.54) is 9.21 Å². The van der Waals surface area contributed by atoms with Gasteiger partial charge in [-0.25, -0.2) is 8.42 Å². The molecule has 0 spiro atoms. The Morgan fingerprint density at radius 2 is 1.63 bits per heavy atom. The zero-order chi connectivity index (χ0) is 26.3. The van der Waals surface area contributed by atoms with Gasteiger partial charge in [-0.15, -0.1) is 0 Å². The highest BCUT2D eigenvalue weighted by Crippen LogP contribution is 2.28. The van der Waals surface area contributed by atoms with Gasteiger partial charge in [0.2, 0.25) is 21.8 Å². The predicted octanol–water partition coefficient (Wildman–Crippen LogP) is 4.79. The number of sulfonamides is 1. The first kappa shape index (κ1) is 28.9. The van der Waals surface area contributed by atoms with Crippen LogP contribution in [0.1, 0.15) is 44.7 Å². The van der Waals surface area contributed by atoms with Gasteiger partial charge in [0.25, 0.3) is 0 Å². The van der Waals surface area contributed by atoms with E-state index in [4.69, 9.17) is 23.2 Å². The largest absolute Gasteiger partial charge is 0.352 e. The van der Waals surface area contributed by atoms with Crippen molar-refractivity contribution in [2.24, 2.45) is 0 Å². The van der Waals surface area contributed by atoms with E-state index in [1.54, 1.807) is 44.2 Å². The molecule has 0 aliphatic carbocycles. The average Bonchev–Trinajstić information content (AvgIpc) is 2.76. The molecule has 35 heavy (non-hydrogen) atoms. The Morgan fingerprint density at radius 3 is 2.23 bits per heavy atom. The third-order valence-corrected chi connectivity index (χ3v) is 7.51. The molecule has 0 heterocycles. The van der Waals surface area contributed by atoms with Gasteiger partial charge in [0.1, 0.15) is 6.04 Å². The summed E-state index contributed by atoms with van der Waals surface area (Å²) in [5, 5.41) is 3.80. The van der Waals surface area contributed by atoms with Crippen molar-refractivity contribution in [1.82, 2.24) is 10.2 Å². The Hall–Kier alpha value is -2.29. The molecule has 2 amide bonds. The van der Waals surface area contributed by atoms with Crippen LogP contribution in [0, 0.1) is 6.92 Å².